The first-order valence-corrected chi connectivity index (χ1v) is 6.79. The van der Waals surface area contributed by atoms with Gasteiger partial charge >= 0.3 is 0 Å². The monoisotopic (exact) mass is 272 g/mol. The first-order valence-electron chi connectivity index (χ1n) is 6.03. The van der Waals surface area contributed by atoms with Crippen molar-refractivity contribution in [2.75, 3.05) is 25.0 Å². The predicted molar refractivity (Wildman–Crippen MR) is 75.4 cm³/mol. The molecule has 0 fully saturated rings. The van der Waals surface area contributed by atoms with Gasteiger partial charge < -0.3 is 10.6 Å². The minimum atomic E-state index is 0.463. The molecule has 1 unspecified atom stereocenters. The molecule has 0 radical (unpaired) electrons. The van der Waals surface area contributed by atoms with Crippen molar-refractivity contribution in [3.05, 3.63) is 27.7 Å². The molecule has 94 valence electrons. The van der Waals surface area contributed by atoms with Crippen molar-refractivity contribution in [2.45, 2.75) is 25.2 Å². The molecule has 1 aliphatic rings. The van der Waals surface area contributed by atoms with Gasteiger partial charge in [-0.15, -0.1) is 0 Å². The van der Waals surface area contributed by atoms with Crippen LogP contribution in [0.5, 0.6) is 0 Å². The average molecular weight is 273 g/mol. The molecule has 1 atom stereocenters. The fraction of sp³-hybridized carbons (Fsp3) is 0.538. The highest BCUT2D eigenvalue weighted by molar-refractivity contribution is 6.35. The van der Waals surface area contributed by atoms with Gasteiger partial charge in [-0.2, -0.15) is 0 Å². The van der Waals surface area contributed by atoms with Gasteiger partial charge in [0.2, 0.25) is 0 Å². The second-order valence-corrected chi connectivity index (χ2v) is 5.50. The van der Waals surface area contributed by atoms with Crippen molar-refractivity contribution >= 4 is 28.9 Å². The first-order chi connectivity index (χ1) is 8.13. The van der Waals surface area contributed by atoms with Gasteiger partial charge in [-0.3, -0.25) is 0 Å². The van der Waals surface area contributed by atoms with Crippen LogP contribution >= 0.6 is 23.2 Å². The van der Waals surface area contributed by atoms with Gasteiger partial charge in [-0.05, 0) is 49.4 Å². The van der Waals surface area contributed by atoms with E-state index < -0.39 is 0 Å². The molecule has 17 heavy (non-hydrogen) atoms. The molecule has 0 bridgehead atoms. The molecule has 0 saturated heterocycles. The maximum absolute atomic E-state index is 6.36. The van der Waals surface area contributed by atoms with Gasteiger partial charge in [0, 0.05) is 29.3 Å². The average Bonchev–Trinajstić information content (AvgIpc) is 2.40. The summed E-state index contributed by atoms with van der Waals surface area (Å²) < 4.78 is 0. The van der Waals surface area contributed by atoms with Crippen molar-refractivity contribution in [3.8, 4) is 0 Å². The number of hydrogen-bond acceptors (Lipinski definition) is 2. The quantitative estimate of drug-likeness (QED) is 0.891. The summed E-state index contributed by atoms with van der Waals surface area (Å²) in [6.45, 7) is 1.75. The second kappa shape index (κ2) is 5.47. The van der Waals surface area contributed by atoms with Gasteiger partial charge in [0.1, 0.15) is 0 Å². The van der Waals surface area contributed by atoms with Crippen molar-refractivity contribution < 1.29 is 0 Å². The standard InChI is InChI=1S/C13H18Cl2N2/c1-17-6-2-3-9(4-5-16)13-11(15)7-10(14)8-12(13)17/h7-9H,2-6,16H2,1H3. The Morgan fingerprint density at radius 3 is 2.88 bits per heavy atom. The molecule has 0 saturated carbocycles. The zero-order chi connectivity index (χ0) is 12.4. The van der Waals surface area contributed by atoms with E-state index in [4.69, 9.17) is 28.9 Å². The van der Waals surface area contributed by atoms with Crippen LogP contribution in [0.1, 0.15) is 30.7 Å². The number of nitrogens with two attached hydrogens (primary N) is 1. The van der Waals surface area contributed by atoms with Gasteiger partial charge in [-0.1, -0.05) is 23.2 Å². The molecule has 0 amide bonds. The van der Waals surface area contributed by atoms with Crippen molar-refractivity contribution in [1.29, 1.82) is 0 Å². The zero-order valence-electron chi connectivity index (χ0n) is 10.0. The minimum absolute atomic E-state index is 0.463. The van der Waals surface area contributed by atoms with Crippen LogP contribution in [0.15, 0.2) is 12.1 Å². The lowest BCUT2D eigenvalue weighted by atomic mass is 9.91. The van der Waals surface area contributed by atoms with E-state index in [1.807, 2.05) is 12.1 Å². The van der Waals surface area contributed by atoms with Crippen LogP contribution in [0, 0.1) is 0 Å². The maximum atomic E-state index is 6.36. The predicted octanol–water partition coefficient (Wildman–Crippen LogP) is 3.66. The van der Waals surface area contributed by atoms with Crippen LogP contribution < -0.4 is 10.6 Å². The van der Waals surface area contributed by atoms with Crippen molar-refractivity contribution in [3.63, 3.8) is 0 Å². The highest BCUT2D eigenvalue weighted by Crippen LogP contribution is 2.41. The van der Waals surface area contributed by atoms with Crippen LogP contribution in [-0.4, -0.2) is 20.1 Å². The lowest BCUT2D eigenvalue weighted by molar-refractivity contribution is 0.576. The van der Waals surface area contributed by atoms with E-state index in [2.05, 4.69) is 11.9 Å². The molecular formula is C13H18Cl2N2. The number of hydrogen-bond donors (Lipinski definition) is 1. The Labute approximate surface area is 113 Å². The Morgan fingerprint density at radius 2 is 2.18 bits per heavy atom. The third-order valence-corrected chi connectivity index (χ3v) is 3.98. The largest absolute Gasteiger partial charge is 0.374 e. The second-order valence-electron chi connectivity index (χ2n) is 4.66. The summed E-state index contributed by atoms with van der Waals surface area (Å²) in [4.78, 5) is 2.24. The molecule has 0 spiro atoms. The summed E-state index contributed by atoms with van der Waals surface area (Å²) in [6, 6.07) is 3.85. The molecule has 1 aliphatic heterocycles. The van der Waals surface area contributed by atoms with Crippen LogP contribution in [0.2, 0.25) is 10.0 Å². The number of rotatable bonds is 2. The molecule has 1 aromatic carbocycles. The third kappa shape index (κ3) is 2.70. The summed E-state index contributed by atoms with van der Waals surface area (Å²) in [7, 11) is 2.09. The van der Waals surface area contributed by atoms with E-state index in [0.717, 1.165) is 24.4 Å². The Balaban J connectivity index is 2.50. The third-order valence-electron chi connectivity index (χ3n) is 3.45. The summed E-state index contributed by atoms with van der Waals surface area (Å²) >= 11 is 12.5. The van der Waals surface area contributed by atoms with E-state index >= 15 is 0 Å². The molecular weight excluding hydrogens is 255 g/mol. The topological polar surface area (TPSA) is 29.3 Å². The van der Waals surface area contributed by atoms with Crippen LogP contribution in [0.3, 0.4) is 0 Å². The molecule has 2 nitrogen and oxygen atoms in total. The number of halogens is 2. The number of nitrogens with zero attached hydrogens (tertiary/aromatic N) is 1. The summed E-state index contributed by atoms with van der Waals surface area (Å²) in [5.41, 5.74) is 8.09. The highest BCUT2D eigenvalue weighted by atomic mass is 35.5. The maximum Gasteiger partial charge on any atom is 0.0476 e. The Kier molecular flexibility index (Phi) is 4.18. The van der Waals surface area contributed by atoms with E-state index in [-0.39, 0.29) is 0 Å². The molecule has 4 heteroatoms. The van der Waals surface area contributed by atoms with E-state index in [9.17, 15) is 0 Å². The molecule has 2 N–H and O–H groups in total. The number of benzene rings is 1. The Morgan fingerprint density at radius 1 is 1.41 bits per heavy atom. The van der Waals surface area contributed by atoms with Gasteiger partial charge in [0.25, 0.3) is 0 Å². The Hall–Kier alpha value is -0.440. The van der Waals surface area contributed by atoms with Crippen LogP contribution in [-0.2, 0) is 0 Å². The number of anilines is 1. The molecule has 1 aromatic rings. The molecule has 2 rings (SSSR count). The lowest BCUT2D eigenvalue weighted by Gasteiger charge is -2.23. The van der Waals surface area contributed by atoms with Crippen molar-refractivity contribution in [1.82, 2.24) is 0 Å². The molecule has 0 aliphatic carbocycles. The fourth-order valence-electron chi connectivity index (χ4n) is 2.62. The smallest absolute Gasteiger partial charge is 0.0476 e. The van der Waals surface area contributed by atoms with Gasteiger partial charge in [0.05, 0.1) is 0 Å². The normalized spacial score (nSPS) is 20.0. The van der Waals surface area contributed by atoms with Crippen molar-refractivity contribution in [2.24, 2.45) is 5.73 Å². The van der Waals surface area contributed by atoms with E-state index in [1.165, 1.54) is 17.7 Å². The summed E-state index contributed by atoms with van der Waals surface area (Å²) in [5.74, 6) is 0.463. The first kappa shape index (κ1) is 13.0. The van der Waals surface area contributed by atoms with Crippen LogP contribution in [0.25, 0.3) is 0 Å². The van der Waals surface area contributed by atoms with E-state index in [0.29, 0.717) is 17.5 Å². The van der Waals surface area contributed by atoms with Gasteiger partial charge in [-0.25, -0.2) is 0 Å². The van der Waals surface area contributed by atoms with Crippen LogP contribution in [0.4, 0.5) is 5.69 Å². The Bertz CT molecular complexity index is 407. The fourth-order valence-corrected chi connectivity index (χ4v) is 3.26. The van der Waals surface area contributed by atoms with E-state index in [1.54, 1.807) is 0 Å². The summed E-state index contributed by atoms with van der Waals surface area (Å²) in [5, 5.41) is 1.48. The summed E-state index contributed by atoms with van der Waals surface area (Å²) in [6.07, 6.45) is 3.31. The highest BCUT2D eigenvalue weighted by Gasteiger charge is 2.23. The number of fused-ring (bicyclic) bond motifs is 1. The lowest BCUT2D eigenvalue weighted by Crippen LogP contribution is -2.17. The minimum Gasteiger partial charge on any atom is -0.374 e. The molecule has 1 heterocycles. The zero-order valence-corrected chi connectivity index (χ0v) is 11.6. The molecule has 0 aromatic heterocycles. The SMILES string of the molecule is CN1CCCC(CCN)c2c(Cl)cc(Cl)cc21. The van der Waals surface area contributed by atoms with Gasteiger partial charge in [0.15, 0.2) is 0 Å².